The van der Waals surface area contributed by atoms with Gasteiger partial charge in [-0.15, -0.1) is 0 Å². The molecular weight excluding hydrogens is 196 g/mol. The van der Waals surface area contributed by atoms with Gasteiger partial charge >= 0.3 is 0 Å². The van der Waals surface area contributed by atoms with Crippen LogP contribution in [-0.2, 0) is 11.2 Å². The molecule has 1 aromatic rings. The fourth-order valence-electron chi connectivity index (χ4n) is 1.89. The van der Waals surface area contributed by atoms with Crippen molar-refractivity contribution < 1.29 is 4.79 Å². The van der Waals surface area contributed by atoms with Crippen molar-refractivity contribution >= 4 is 17.4 Å². The summed E-state index contributed by atoms with van der Waals surface area (Å²) in [6.07, 6.45) is 2.08. The molecule has 2 heteroatoms. The van der Waals surface area contributed by atoms with Crippen molar-refractivity contribution in [3.63, 3.8) is 0 Å². The molecule has 0 amide bonds. The predicted molar refractivity (Wildman–Crippen MR) is 57.4 cm³/mol. The molecule has 2 unspecified atom stereocenters. The van der Waals surface area contributed by atoms with Gasteiger partial charge in [0.15, 0.2) is 0 Å². The molecule has 1 aliphatic carbocycles. The maximum absolute atomic E-state index is 11.0. The summed E-state index contributed by atoms with van der Waals surface area (Å²) in [6, 6.07) is 7.89. The Hall–Kier alpha value is -0.820. The van der Waals surface area contributed by atoms with E-state index in [-0.39, 0.29) is 0 Å². The van der Waals surface area contributed by atoms with E-state index in [1.807, 2.05) is 24.3 Å². The van der Waals surface area contributed by atoms with E-state index in [2.05, 4.69) is 0 Å². The highest BCUT2D eigenvalue weighted by Gasteiger charge is 2.40. The Morgan fingerprint density at radius 3 is 2.57 bits per heavy atom. The summed E-state index contributed by atoms with van der Waals surface area (Å²) in [6.45, 7) is 1.69. The highest BCUT2D eigenvalue weighted by molar-refractivity contribution is 6.30. The summed E-state index contributed by atoms with van der Waals surface area (Å²) < 4.78 is 0. The van der Waals surface area contributed by atoms with E-state index in [9.17, 15) is 4.79 Å². The molecule has 1 aliphatic rings. The van der Waals surface area contributed by atoms with Crippen molar-refractivity contribution in [1.82, 2.24) is 0 Å². The lowest BCUT2D eigenvalue weighted by molar-refractivity contribution is -0.118. The van der Waals surface area contributed by atoms with Gasteiger partial charge in [0.05, 0.1) is 0 Å². The molecule has 0 radical (unpaired) electrons. The van der Waals surface area contributed by atoms with E-state index in [0.29, 0.717) is 17.6 Å². The maximum atomic E-state index is 11.0. The lowest BCUT2D eigenvalue weighted by Crippen LogP contribution is -1.97. The Labute approximate surface area is 89.1 Å². The van der Waals surface area contributed by atoms with Gasteiger partial charge in [0.1, 0.15) is 5.78 Å². The van der Waals surface area contributed by atoms with Crippen molar-refractivity contribution in [3.05, 3.63) is 34.9 Å². The third-order valence-electron chi connectivity index (χ3n) is 2.86. The molecule has 0 spiro atoms. The van der Waals surface area contributed by atoms with Gasteiger partial charge in [-0.1, -0.05) is 23.7 Å². The second-order valence-corrected chi connectivity index (χ2v) is 4.48. The fourth-order valence-corrected chi connectivity index (χ4v) is 2.02. The molecule has 1 saturated carbocycles. The third-order valence-corrected chi connectivity index (χ3v) is 3.11. The van der Waals surface area contributed by atoms with Crippen LogP contribution in [0.3, 0.4) is 0 Å². The molecule has 14 heavy (non-hydrogen) atoms. The van der Waals surface area contributed by atoms with Crippen LogP contribution in [0.1, 0.15) is 18.9 Å². The molecule has 0 saturated heterocycles. The molecule has 1 aromatic carbocycles. The largest absolute Gasteiger partial charge is 0.300 e. The van der Waals surface area contributed by atoms with E-state index in [4.69, 9.17) is 11.6 Å². The zero-order valence-electron chi connectivity index (χ0n) is 8.16. The lowest BCUT2D eigenvalue weighted by atomic mass is 10.1. The highest BCUT2D eigenvalue weighted by atomic mass is 35.5. The zero-order chi connectivity index (χ0) is 10.1. The number of hydrogen-bond donors (Lipinski definition) is 0. The van der Waals surface area contributed by atoms with Crippen LogP contribution in [0.4, 0.5) is 0 Å². The van der Waals surface area contributed by atoms with E-state index < -0.39 is 0 Å². The van der Waals surface area contributed by atoms with Crippen molar-refractivity contribution in [3.8, 4) is 0 Å². The first-order valence-corrected chi connectivity index (χ1v) is 5.29. The Kier molecular flexibility index (Phi) is 2.60. The topological polar surface area (TPSA) is 17.1 Å². The van der Waals surface area contributed by atoms with Crippen LogP contribution in [0.5, 0.6) is 0 Å². The molecule has 2 rings (SSSR count). The first-order valence-electron chi connectivity index (χ1n) is 4.91. The van der Waals surface area contributed by atoms with Crippen LogP contribution in [0.2, 0.25) is 5.02 Å². The van der Waals surface area contributed by atoms with Crippen molar-refractivity contribution in [2.24, 2.45) is 11.8 Å². The number of ketones is 1. The number of carbonyl (C=O) groups excluding carboxylic acids is 1. The molecule has 1 fully saturated rings. The first kappa shape index (κ1) is 9.72. The number of Topliss-reactive ketones (excluding diaryl/α,β-unsaturated/α-hetero) is 1. The van der Waals surface area contributed by atoms with Gasteiger partial charge in [0.2, 0.25) is 0 Å². The highest BCUT2D eigenvalue weighted by Crippen LogP contribution is 2.41. The molecule has 0 aromatic heterocycles. The minimum atomic E-state index is 0.325. The standard InChI is InChI=1S/C12H13ClO/c1-8(14)12-7-10(12)6-9-2-4-11(13)5-3-9/h2-5,10,12H,6-7H2,1H3. The molecule has 0 aliphatic heterocycles. The van der Waals surface area contributed by atoms with E-state index in [1.165, 1.54) is 5.56 Å². The Morgan fingerprint density at radius 1 is 1.43 bits per heavy atom. The fraction of sp³-hybridized carbons (Fsp3) is 0.417. The SMILES string of the molecule is CC(=O)C1CC1Cc1ccc(Cl)cc1. The minimum absolute atomic E-state index is 0.325. The second kappa shape index (κ2) is 3.74. The van der Waals surface area contributed by atoms with Gasteiger partial charge in [0, 0.05) is 10.9 Å². The van der Waals surface area contributed by atoms with Crippen molar-refractivity contribution in [2.75, 3.05) is 0 Å². The second-order valence-electron chi connectivity index (χ2n) is 4.04. The number of benzene rings is 1. The van der Waals surface area contributed by atoms with Gasteiger partial charge in [-0.05, 0) is 43.4 Å². The van der Waals surface area contributed by atoms with E-state index in [0.717, 1.165) is 17.9 Å². The summed E-state index contributed by atoms with van der Waals surface area (Å²) in [7, 11) is 0. The van der Waals surface area contributed by atoms with Gasteiger partial charge < -0.3 is 0 Å². The van der Waals surface area contributed by atoms with Gasteiger partial charge in [-0.25, -0.2) is 0 Å². The van der Waals surface area contributed by atoms with Crippen LogP contribution in [0.25, 0.3) is 0 Å². The smallest absolute Gasteiger partial charge is 0.133 e. The average molecular weight is 209 g/mol. The van der Waals surface area contributed by atoms with Crippen LogP contribution in [0, 0.1) is 11.8 Å². The van der Waals surface area contributed by atoms with Crippen LogP contribution < -0.4 is 0 Å². The van der Waals surface area contributed by atoms with Gasteiger partial charge in [-0.3, -0.25) is 4.79 Å². The van der Waals surface area contributed by atoms with Crippen LogP contribution in [0.15, 0.2) is 24.3 Å². The maximum Gasteiger partial charge on any atom is 0.133 e. The summed E-state index contributed by atoms with van der Waals surface area (Å²) in [5.74, 6) is 1.24. The Morgan fingerprint density at radius 2 is 2.07 bits per heavy atom. The number of rotatable bonds is 3. The molecule has 0 bridgehead atoms. The van der Waals surface area contributed by atoms with Crippen molar-refractivity contribution in [1.29, 1.82) is 0 Å². The molecule has 0 N–H and O–H groups in total. The molecule has 74 valence electrons. The predicted octanol–water partition coefficient (Wildman–Crippen LogP) is 3.11. The minimum Gasteiger partial charge on any atom is -0.300 e. The summed E-state index contributed by atoms with van der Waals surface area (Å²) >= 11 is 5.79. The third kappa shape index (κ3) is 2.16. The molecule has 1 nitrogen and oxygen atoms in total. The van der Waals surface area contributed by atoms with Crippen LogP contribution in [-0.4, -0.2) is 5.78 Å². The first-order chi connectivity index (χ1) is 6.66. The van der Waals surface area contributed by atoms with Gasteiger partial charge in [0.25, 0.3) is 0 Å². The molecule has 0 heterocycles. The number of carbonyl (C=O) groups is 1. The number of halogens is 1. The normalized spacial score (nSPS) is 24.7. The van der Waals surface area contributed by atoms with Gasteiger partial charge in [-0.2, -0.15) is 0 Å². The number of hydrogen-bond acceptors (Lipinski definition) is 1. The van der Waals surface area contributed by atoms with Crippen molar-refractivity contribution in [2.45, 2.75) is 19.8 Å². The molecular formula is C12H13ClO. The zero-order valence-corrected chi connectivity index (χ0v) is 8.92. The quantitative estimate of drug-likeness (QED) is 0.746. The summed E-state index contributed by atoms with van der Waals surface area (Å²) in [5, 5.41) is 0.771. The van der Waals surface area contributed by atoms with Crippen LogP contribution >= 0.6 is 11.6 Å². The Balaban J connectivity index is 1.94. The van der Waals surface area contributed by atoms with E-state index in [1.54, 1.807) is 6.92 Å². The molecule has 2 atom stereocenters. The summed E-state index contributed by atoms with van der Waals surface area (Å²) in [4.78, 5) is 11.0. The monoisotopic (exact) mass is 208 g/mol. The summed E-state index contributed by atoms with van der Waals surface area (Å²) in [5.41, 5.74) is 1.28. The lowest BCUT2D eigenvalue weighted by Gasteiger charge is -1.99. The van der Waals surface area contributed by atoms with E-state index >= 15 is 0 Å². The average Bonchev–Trinajstić information content (AvgIpc) is 2.88. The Bertz CT molecular complexity index is 342.